The summed E-state index contributed by atoms with van der Waals surface area (Å²) in [6.07, 6.45) is -4.61. The predicted molar refractivity (Wildman–Crippen MR) is 57.3 cm³/mol. The Labute approximate surface area is 102 Å². The number of alkyl halides is 3. The molecule has 0 atom stereocenters. The average Bonchev–Trinajstić information content (AvgIpc) is 2.15. The fourth-order valence-electron chi connectivity index (χ4n) is 1.15. The lowest BCUT2D eigenvalue weighted by molar-refractivity contribution is -0.137. The summed E-state index contributed by atoms with van der Waals surface area (Å²) < 4.78 is 62.5. The van der Waals surface area contributed by atoms with Gasteiger partial charge in [0, 0.05) is 6.54 Å². The zero-order valence-corrected chi connectivity index (χ0v) is 10.2. The van der Waals surface area contributed by atoms with Crippen molar-refractivity contribution in [3.63, 3.8) is 0 Å². The van der Waals surface area contributed by atoms with E-state index in [1.54, 1.807) is 0 Å². The van der Waals surface area contributed by atoms with Gasteiger partial charge in [0.25, 0.3) is 0 Å². The number of rotatable bonds is 3. The van der Waals surface area contributed by atoms with Gasteiger partial charge < -0.3 is 0 Å². The van der Waals surface area contributed by atoms with Crippen molar-refractivity contribution < 1.29 is 21.6 Å². The summed E-state index contributed by atoms with van der Waals surface area (Å²) in [5, 5.41) is -0.251. The normalized spacial score (nSPS) is 12.8. The molecule has 1 aromatic carbocycles. The van der Waals surface area contributed by atoms with Gasteiger partial charge >= 0.3 is 6.18 Å². The Balaban J connectivity index is 3.35. The first kappa shape index (κ1) is 14.3. The standard InChI is InChI=1S/C9H9ClF3NO2S/c1-2-14-17(15,16)8-5-6(9(11,12)13)3-4-7(8)10/h3-5,14H,2H2,1H3. The molecular weight excluding hydrogens is 279 g/mol. The Bertz CT molecular complexity index is 513. The molecular formula is C9H9ClF3NO2S. The minimum absolute atomic E-state index is 0.0644. The maximum Gasteiger partial charge on any atom is 0.416 e. The van der Waals surface area contributed by atoms with Crippen molar-refractivity contribution >= 4 is 21.6 Å². The largest absolute Gasteiger partial charge is 0.416 e. The van der Waals surface area contributed by atoms with E-state index in [2.05, 4.69) is 4.72 Å². The second-order valence-electron chi connectivity index (χ2n) is 3.14. The van der Waals surface area contributed by atoms with Crippen molar-refractivity contribution in [1.82, 2.24) is 4.72 Å². The first-order valence-corrected chi connectivity index (χ1v) is 6.41. The Morgan fingerprint density at radius 1 is 1.35 bits per heavy atom. The van der Waals surface area contributed by atoms with E-state index < -0.39 is 26.7 Å². The molecule has 0 fully saturated rings. The zero-order chi connectivity index (χ0) is 13.3. The van der Waals surface area contributed by atoms with Gasteiger partial charge in [-0.15, -0.1) is 0 Å². The summed E-state index contributed by atoms with van der Waals surface area (Å²) >= 11 is 5.58. The van der Waals surface area contributed by atoms with Crippen LogP contribution in [-0.2, 0) is 16.2 Å². The van der Waals surface area contributed by atoms with Crippen LogP contribution in [0.2, 0.25) is 5.02 Å². The van der Waals surface area contributed by atoms with Gasteiger partial charge in [0.2, 0.25) is 10.0 Å². The third-order valence-electron chi connectivity index (χ3n) is 1.88. The minimum atomic E-state index is -4.61. The molecule has 3 nitrogen and oxygen atoms in total. The van der Waals surface area contributed by atoms with Gasteiger partial charge in [-0.3, -0.25) is 0 Å². The van der Waals surface area contributed by atoms with Crippen LogP contribution in [0, 0.1) is 0 Å². The molecule has 0 spiro atoms. The van der Waals surface area contributed by atoms with Crippen LogP contribution in [0.3, 0.4) is 0 Å². The maximum absolute atomic E-state index is 12.4. The summed E-state index contributed by atoms with van der Waals surface area (Å²) in [7, 11) is -4.01. The van der Waals surface area contributed by atoms with E-state index in [1.165, 1.54) is 6.92 Å². The van der Waals surface area contributed by atoms with Crippen molar-refractivity contribution in [2.24, 2.45) is 0 Å². The third-order valence-corrected chi connectivity index (χ3v) is 3.91. The van der Waals surface area contributed by atoms with Crippen LogP contribution in [-0.4, -0.2) is 15.0 Å². The molecule has 0 amide bonds. The van der Waals surface area contributed by atoms with Crippen molar-refractivity contribution in [1.29, 1.82) is 0 Å². The number of hydrogen-bond donors (Lipinski definition) is 1. The monoisotopic (exact) mass is 287 g/mol. The molecule has 0 aliphatic carbocycles. The Morgan fingerprint density at radius 3 is 2.41 bits per heavy atom. The second kappa shape index (κ2) is 4.83. The van der Waals surface area contributed by atoms with Gasteiger partial charge in [-0.2, -0.15) is 13.2 Å². The van der Waals surface area contributed by atoms with Gasteiger partial charge in [0.1, 0.15) is 4.90 Å². The number of benzene rings is 1. The topological polar surface area (TPSA) is 46.2 Å². The third kappa shape index (κ3) is 3.34. The number of hydrogen-bond acceptors (Lipinski definition) is 2. The molecule has 0 bridgehead atoms. The molecule has 0 aliphatic rings. The summed E-state index contributed by atoms with van der Waals surface area (Å²) in [6.45, 7) is 1.58. The number of nitrogens with one attached hydrogen (secondary N) is 1. The predicted octanol–water partition coefficient (Wildman–Crippen LogP) is 2.66. The van der Waals surface area contributed by atoms with Crippen LogP contribution in [0.25, 0.3) is 0 Å². The molecule has 1 rings (SSSR count). The molecule has 1 N–H and O–H groups in total. The summed E-state index contributed by atoms with van der Waals surface area (Å²) in [5.74, 6) is 0. The van der Waals surface area contributed by atoms with Crippen LogP contribution in [0.5, 0.6) is 0 Å². The molecule has 0 unspecified atom stereocenters. The lowest BCUT2D eigenvalue weighted by atomic mass is 10.2. The lowest BCUT2D eigenvalue weighted by Crippen LogP contribution is -2.24. The molecule has 0 radical (unpaired) electrons. The van der Waals surface area contributed by atoms with E-state index in [9.17, 15) is 21.6 Å². The van der Waals surface area contributed by atoms with Crippen LogP contribution in [0.15, 0.2) is 23.1 Å². The van der Waals surface area contributed by atoms with Crippen molar-refractivity contribution in [2.75, 3.05) is 6.54 Å². The summed E-state index contributed by atoms with van der Waals surface area (Å²) in [5.41, 5.74) is -1.06. The first-order chi connectivity index (χ1) is 7.68. The summed E-state index contributed by atoms with van der Waals surface area (Å²) in [6, 6.07) is 2.15. The smallest absolute Gasteiger partial charge is 0.211 e. The van der Waals surface area contributed by atoms with E-state index >= 15 is 0 Å². The van der Waals surface area contributed by atoms with Gasteiger partial charge in [0.05, 0.1) is 10.6 Å². The molecule has 0 saturated heterocycles. The Hall–Kier alpha value is -0.790. The van der Waals surface area contributed by atoms with Gasteiger partial charge in [0.15, 0.2) is 0 Å². The van der Waals surface area contributed by atoms with Crippen LogP contribution in [0.4, 0.5) is 13.2 Å². The van der Waals surface area contributed by atoms with Gasteiger partial charge in [-0.1, -0.05) is 18.5 Å². The Kier molecular flexibility index (Phi) is 4.06. The zero-order valence-electron chi connectivity index (χ0n) is 8.68. The SMILES string of the molecule is CCNS(=O)(=O)c1cc(C(F)(F)F)ccc1Cl. The van der Waals surface area contributed by atoms with E-state index in [1.807, 2.05) is 0 Å². The molecule has 8 heteroatoms. The molecule has 17 heavy (non-hydrogen) atoms. The molecule has 0 aromatic heterocycles. The van der Waals surface area contributed by atoms with E-state index in [4.69, 9.17) is 11.6 Å². The highest BCUT2D eigenvalue weighted by molar-refractivity contribution is 7.89. The fourth-order valence-corrected chi connectivity index (χ4v) is 2.72. The molecule has 1 aromatic rings. The minimum Gasteiger partial charge on any atom is -0.211 e. The van der Waals surface area contributed by atoms with E-state index in [-0.39, 0.29) is 11.6 Å². The van der Waals surface area contributed by atoms with Gasteiger partial charge in [-0.25, -0.2) is 13.1 Å². The lowest BCUT2D eigenvalue weighted by Gasteiger charge is -2.11. The van der Waals surface area contributed by atoms with Crippen molar-refractivity contribution in [3.05, 3.63) is 28.8 Å². The highest BCUT2D eigenvalue weighted by Crippen LogP contribution is 2.33. The maximum atomic E-state index is 12.4. The van der Waals surface area contributed by atoms with Gasteiger partial charge in [-0.05, 0) is 18.2 Å². The highest BCUT2D eigenvalue weighted by Gasteiger charge is 2.32. The first-order valence-electron chi connectivity index (χ1n) is 4.55. The Morgan fingerprint density at radius 2 is 1.94 bits per heavy atom. The number of sulfonamides is 1. The average molecular weight is 288 g/mol. The fraction of sp³-hybridized carbons (Fsp3) is 0.333. The second-order valence-corrected chi connectivity index (χ2v) is 5.29. The van der Waals surface area contributed by atoms with Crippen molar-refractivity contribution in [2.45, 2.75) is 18.0 Å². The quantitative estimate of drug-likeness (QED) is 0.929. The van der Waals surface area contributed by atoms with Crippen LogP contribution in [0.1, 0.15) is 12.5 Å². The molecule has 96 valence electrons. The summed E-state index contributed by atoms with van der Waals surface area (Å²) in [4.78, 5) is -0.573. The van der Waals surface area contributed by atoms with E-state index in [0.717, 1.165) is 12.1 Å². The molecule has 0 saturated carbocycles. The number of halogens is 4. The van der Waals surface area contributed by atoms with Crippen LogP contribution < -0.4 is 4.72 Å². The van der Waals surface area contributed by atoms with E-state index in [0.29, 0.717) is 6.07 Å². The highest BCUT2D eigenvalue weighted by atomic mass is 35.5. The molecule has 0 aliphatic heterocycles. The van der Waals surface area contributed by atoms with Crippen molar-refractivity contribution in [3.8, 4) is 0 Å². The van der Waals surface area contributed by atoms with Crippen LogP contribution >= 0.6 is 11.6 Å². The molecule has 0 heterocycles.